The van der Waals surface area contributed by atoms with Crippen LogP contribution in [-0.2, 0) is 14.8 Å². The fourth-order valence-corrected chi connectivity index (χ4v) is 5.78. The number of hydrogen-bond donors (Lipinski definition) is 0. The molecule has 1 aliphatic rings. The Bertz CT molecular complexity index is 1240. The van der Waals surface area contributed by atoms with Crippen molar-refractivity contribution in [3.05, 3.63) is 101 Å². The van der Waals surface area contributed by atoms with Gasteiger partial charge in [0.05, 0.1) is 11.5 Å². The molecule has 0 bridgehead atoms. The van der Waals surface area contributed by atoms with Crippen molar-refractivity contribution in [1.82, 2.24) is 9.21 Å². The van der Waals surface area contributed by atoms with E-state index in [0.29, 0.717) is 55.7 Å². The second kappa shape index (κ2) is 11.6. The fraction of sp³-hybridized carbons (Fsp3) is 0.357. The Hall–Kier alpha value is -2.65. The van der Waals surface area contributed by atoms with Crippen LogP contribution in [0.5, 0.6) is 0 Å². The number of nitrogens with zero attached hydrogens (tertiary/aromatic N) is 2. The van der Waals surface area contributed by atoms with Gasteiger partial charge in [0.15, 0.2) is 11.6 Å². The first kappa shape index (κ1) is 26.4. The molecular formula is C28H32F2N2O3S. The summed E-state index contributed by atoms with van der Waals surface area (Å²) in [7, 11) is -3.53. The van der Waals surface area contributed by atoms with E-state index >= 15 is 0 Å². The van der Waals surface area contributed by atoms with Crippen LogP contribution in [0.3, 0.4) is 0 Å². The van der Waals surface area contributed by atoms with Crippen LogP contribution in [0, 0.1) is 11.6 Å². The normalized spacial score (nSPS) is 16.4. The molecule has 0 unspecified atom stereocenters. The average Bonchev–Trinajstić information content (AvgIpc) is 2.89. The number of rotatable bonds is 9. The molecule has 0 radical (unpaired) electrons. The monoisotopic (exact) mass is 514 g/mol. The molecule has 1 fully saturated rings. The first-order chi connectivity index (χ1) is 17.3. The lowest BCUT2D eigenvalue weighted by Crippen LogP contribution is -2.49. The van der Waals surface area contributed by atoms with E-state index in [2.05, 4.69) is 18.7 Å². The largest absolute Gasteiger partial charge is 0.367 e. The fourth-order valence-electron chi connectivity index (χ4n) is 4.36. The summed E-state index contributed by atoms with van der Waals surface area (Å²) in [4.78, 5) is 2.47. The number of piperazine rings is 1. The van der Waals surface area contributed by atoms with Gasteiger partial charge < -0.3 is 4.74 Å². The quantitative estimate of drug-likeness (QED) is 0.394. The van der Waals surface area contributed by atoms with Crippen LogP contribution in [0.4, 0.5) is 8.78 Å². The minimum absolute atomic E-state index is 0.320. The molecule has 0 spiro atoms. The Morgan fingerprint density at radius 2 is 1.44 bits per heavy atom. The standard InChI is InChI=1S/C28H32F2N2O3S/c1-21(2)22-8-11-25(12-9-22)36(33,34)32-16-14-31(15-17-32)18-19-35-28(23-6-4-3-5-7-23)24-10-13-26(29)27(30)20-24/h3-13,20-21,28H,14-19H2,1-2H3/t28-/m0/s1. The van der Waals surface area contributed by atoms with Crippen molar-refractivity contribution >= 4 is 10.0 Å². The maximum absolute atomic E-state index is 13.9. The van der Waals surface area contributed by atoms with Crippen LogP contribution in [0.2, 0.25) is 0 Å². The highest BCUT2D eigenvalue weighted by Gasteiger charge is 2.28. The molecule has 8 heteroatoms. The van der Waals surface area contributed by atoms with Gasteiger partial charge >= 0.3 is 0 Å². The molecule has 1 atom stereocenters. The van der Waals surface area contributed by atoms with E-state index in [1.54, 1.807) is 12.1 Å². The highest BCUT2D eigenvalue weighted by molar-refractivity contribution is 7.89. The third-order valence-electron chi connectivity index (χ3n) is 6.56. The topological polar surface area (TPSA) is 49.9 Å². The summed E-state index contributed by atoms with van der Waals surface area (Å²) < 4.78 is 61.2. The van der Waals surface area contributed by atoms with Gasteiger partial charge in [0.25, 0.3) is 0 Å². The Kier molecular flexibility index (Phi) is 8.51. The first-order valence-electron chi connectivity index (χ1n) is 12.2. The van der Waals surface area contributed by atoms with E-state index in [-0.39, 0.29) is 0 Å². The van der Waals surface area contributed by atoms with Gasteiger partial charge in [-0.25, -0.2) is 17.2 Å². The number of ether oxygens (including phenoxy) is 1. The summed E-state index contributed by atoms with van der Waals surface area (Å²) in [5.74, 6) is -1.46. The summed E-state index contributed by atoms with van der Waals surface area (Å²) in [6.07, 6.45) is -0.531. The van der Waals surface area contributed by atoms with Crippen LogP contribution in [0.25, 0.3) is 0 Å². The number of sulfonamides is 1. The third-order valence-corrected chi connectivity index (χ3v) is 8.47. The summed E-state index contributed by atoms with van der Waals surface area (Å²) in [5, 5.41) is 0. The van der Waals surface area contributed by atoms with Gasteiger partial charge in [-0.15, -0.1) is 0 Å². The molecule has 36 heavy (non-hydrogen) atoms. The van der Waals surface area contributed by atoms with E-state index in [1.165, 1.54) is 16.4 Å². The molecule has 4 rings (SSSR count). The summed E-state index contributed by atoms with van der Waals surface area (Å²) >= 11 is 0. The zero-order chi connectivity index (χ0) is 25.7. The Morgan fingerprint density at radius 3 is 2.06 bits per heavy atom. The lowest BCUT2D eigenvalue weighted by atomic mass is 10.0. The zero-order valence-electron chi connectivity index (χ0n) is 20.6. The minimum Gasteiger partial charge on any atom is -0.367 e. The Balaban J connectivity index is 1.34. The average molecular weight is 515 g/mol. The lowest BCUT2D eigenvalue weighted by molar-refractivity contribution is 0.0525. The van der Waals surface area contributed by atoms with E-state index < -0.39 is 27.8 Å². The van der Waals surface area contributed by atoms with Crippen LogP contribution in [0.1, 0.15) is 42.6 Å². The highest BCUT2D eigenvalue weighted by Crippen LogP contribution is 2.27. The minimum atomic E-state index is -3.53. The van der Waals surface area contributed by atoms with Crippen molar-refractivity contribution < 1.29 is 21.9 Å². The Morgan fingerprint density at radius 1 is 0.806 bits per heavy atom. The van der Waals surface area contributed by atoms with Crippen molar-refractivity contribution in [2.45, 2.75) is 30.8 Å². The predicted molar refractivity (Wildman–Crippen MR) is 136 cm³/mol. The zero-order valence-corrected chi connectivity index (χ0v) is 21.4. The van der Waals surface area contributed by atoms with E-state index in [0.717, 1.165) is 17.2 Å². The second-order valence-electron chi connectivity index (χ2n) is 9.30. The van der Waals surface area contributed by atoms with Gasteiger partial charge in [-0.2, -0.15) is 4.31 Å². The van der Waals surface area contributed by atoms with Gasteiger partial charge in [0.2, 0.25) is 10.0 Å². The van der Waals surface area contributed by atoms with Gasteiger partial charge in [0, 0.05) is 32.7 Å². The molecule has 0 aromatic heterocycles. The summed E-state index contributed by atoms with van der Waals surface area (Å²) in [5.41, 5.74) is 2.50. The number of benzene rings is 3. The molecule has 192 valence electrons. The molecule has 0 N–H and O–H groups in total. The van der Waals surface area contributed by atoms with E-state index in [1.807, 2.05) is 42.5 Å². The van der Waals surface area contributed by atoms with Crippen molar-refractivity contribution in [2.75, 3.05) is 39.3 Å². The molecule has 3 aromatic rings. The summed E-state index contributed by atoms with van der Waals surface area (Å²) in [6, 6.07) is 20.4. The van der Waals surface area contributed by atoms with Gasteiger partial charge in [-0.3, -0.25) is 4.90 Å². The molecule has 3 aromatic carbocycles. The molecule has 0 saturated carbocycles. The maximum atomic E-state index is 13.9. The van der Waals surface area contributed by atoms with Crippen molar-refractivity contribution in [1.29, 1.82) is 0 Å². The van der Waals surface area contributed by atoms with E-state index in [4.69, 9.17) is 4.74 Å². The van der Waals surface area contributed by atoms with Gasteiger partial charge in [0.1, 0.15) is 6.10 Å². The Labute approximate surface area is 212 Å². The van der Waals surface area contributed by atoms with Crippen molar-refractivity contribution in [3.63, 3.8) is 0 Å². The predicted octanol–water partition coefficient (Wildman–Crippen LogP) is 5.20. The van der Waals surface area contributed by atoms with E-state index in [9.17, 15) is 17.2 Å². The van der Waals surface area contributed by atoms with Crippen LogP contribution in [-0.4, -0.2) is 57.0 Å². The van der Waals surface area contributed by atoms with Crippen molar-refractivity contribution in [3.8, 4) is 0 Å². The van der Waals surface area contributed by atoms with Crippen molar-refractivity contribution in [2.24, 2.45) is 0 Å². The third kappa shape index (κ3) is 6.18. The molecule has 1 heterocycles. The second-order valence-corrected chi connectivity index (χ2v) is 11.2. The smallest absolute Gasteiger partial charge is 0.243 e. The highest BCUT2D eigenvalue weighted by atomic mass is 32.2. The van der Waals surface area contributed by atoms with Crippen LogP contribution < -0.4 is 0 Å². The van der Waals surface area contributed by atoms with Gasteiger partial charge in [-0.1, -0.05) is 62.4 Å². The maximum Gasteiger partial charge on any atom is 0.243 e. The molecule has 0 aliphatic carbocycles. The first-order valence-corrected chi connectivity index (χ1v) is 13.6. The molecule has 5 nitrogen and oxygen atoms in total. The SMILES string of the molecule is CC(C)c1ccc(S(=O)(=O)N2CCN(CCO[C@@H](c3ccccc3)c3ccc(F)c(F)c3)CC2)cc1. The molecule has 1 aliphatic heterocycles. The molecule has 0 amide bonds. The van der Waals surface area contributed by atoms with Crippen LogP contribution in [0.15, 0.2) is 77.7 Å². The van der Waals surface area contributed by atoms with Gasteiger partial charge in [-0.05, 0) is 46.9 Å². The molecule has 1 saturated heterocycles. The molecular weight excluding hydrogens is 482 g/mol. The summed E-state index contributed by atoms with van der Waals surface area (Å²) in [6.45, 7) is 7.10. The number of hydrogen-bond acceptors (Lipinski definition) is 4. The van der Waals surface area contributed by atoms with Crippen LogP contribution >= 0.6 is 0 Å². The number of halogens is 2. The lowest BCUT2D eigenvalue weighted by Gasteiger charge is -2.34.